The van der Waals surface area contributed by atoms with Crippen molar-refractivity contribution in [2.24, 2.45) is 0 Å². The molecule has 26 heavy (non-hydrogen) atoms. The molecule has 1 aliphatic heterocycles. The lowest BCUT2D eigenvalue weighted by Crippen LogP contribution is -2.48. The number of rotatable bonds is 7. The second kappa shape index (κ2) is 7.94. The van der Waals surface area contributed by atoms with Gasteiger partial charge in [-0.25, -0.2) is 8.42 Å². The van der Waals surface area contributed by atoms with Crippen molar-refractivity contribution in [3.05, 3.63) is 23.8 Å². The fourth-order valence-corrected chi connectivity index (χ4v) is 4.93. The number of esters is 1. The number of carbonyl (C=O) groups is 2. The summed E-state index contributed by atoms with van der Waals surface area (Å²) in [6.07, 6.45) is 0.319. The number of sulfone groups is 1. The summed E-state index contributed by atoms with van der Waals surface area (Å²) in [5, 5.41) is 2.63. The Labute approximate surface area is 152 Å². The van der Waals surface area contributed by atoms with Gasteiger partial charge in [0.05, 0.1) is 37.7 Å². The van der Waals surface area contributed by atoms with E-state index in [2.05, 4.69) is 5.32 Å². The molecule has 1 aliphatic rings. The second-order valence-corrected chi connectivity index (χ2v) is 8.66. The molecule has 1 atom stereocenters. The normalized spacial score (nSPS) is 21.0. The van der Waals surface area contributed by atoms with E-state index in [9.17, 15) is 18.0 Å². The third-order valence-electron chi connectivity index (χ3n) is 4.11. The molecule has 0 unspecified atom stereocenters. The Morgan fingerprint density at radius 2 is 1.88 bits per heavy atom. The van der Waals surface area contributed by atoms with Gasteiger partial charge in [-0.15, -0.1) is 0 Å². The van der Waals surface area contributed by atoms with Crippen LogP contribution >= 0.6 is 0 Å². The topological polar surface area (TPSA) is 108 Å². The number of methoxy groups -OCH3 is 2. The van der Waals surface area contributed by atoms with Crippen LogP contribution < -0.4 is 14.8 Å². The number of amides is 1. The number of hydrogen-bond acceptors (Lipinski definition) is 7. The summed E-state index contributed by atoms with van der Waals surface area (Å²) in [6, 6.07) is 5.03. The van der Waals surface area contributed by atoms with Crippen LogP contribution in [0.2, 0.25) is 0 Å². The predicted molar refractivity (Wildman–Crippen MR) is 94.0 cm³/mol. The maximum Gasteiger partial charge on any atom is 0.310 e. The molecule has 144 valence electrons. The molecule has 0 aromatic heterocycles. The Hall–Kier alpha value is -2.29. The van der Waals surface area contributed by atoms with Crippen molar-refractivity contribution in [2.45, 2.75) is 25.3 Å². The standard InChI is InChI=1S/C17H23NO7S/c1-17(6-7-26(21,22)11-17)18-15(19)10-25-16(20)9-12-4-5-13(23-2)14(8-12)24-3/h4-5,8H,6-7,9-11H2,1-3H3,(H,18,19)/t17-/m0/s1. The van der Waals surface area contributed by atoms with Gasteiger partial charge in [0.25, 0.3) is 5.91 Å². The molecular formula is C17H23NO7S. The summed E-state index contributed by atoms with van der Waals surface area (Å²) in [6.45, 7) is 1.21. The van der Waals surface area contributed by atoms with Gasteiger partial charge in [0.15, 0.2) is 27.9 Å². The van der Waals surface area contributed by atoms with Crippen molar-refractivity contribution in [3.8, 4) is 11.5 Å². The number of hydrogen-bond donors (Lipinski definition) is 1. The van der Waals surface area contributed by atoms with Gasteiger partial charge in [0.2, 0.25) is 0 Å². The van der Waals surface area contributed by atoms with Crippen LogP contribution in [-0.2, 0) is 30.6 Å². The van der Waals surface area contributed by atoms with Gasteiger partial charge in [-0.2, -0.15) is 0 Å². The van der Waals surface area contributed by atoms with Gasteiger partial charge >= 0.3 is 5.97 Å². The molecule has 2 rings (SSSR count). The highest BCUT2D eigenvalue weighted by molar-refractivity contribution is 7.91. The van der Waals surface area contributed by atoms with Gasteiger partial charge in [0.1, 0.15) is 0 Å². The molecule has 1 saturated heterocycles. The quantitative estimate of drug-likeness (QED) is 0.680. The van der Waals surface area contributed by atoms with Crippen molar-refractivity contribution in [3.63, 3.8) is 0 Å². The number of nitrogens with one attached hydrogen (secondary N) is 1. The van der Waals surface area contributed by atoms with Gasteiger partial charge in [-0.3, -0.25) is 9.59 Å². The Kier molecular flexibility index (Phi) is 6.12. The van der Waals surface area contributed by atoms with Crippen LogP contribution in [0.4, 0.5) is 0 Å². The zero-order valence-electron chi connectivity index (χ0n) is 15.0. The first-order valence-corrected chi connectivity index (χ1v) is 9.86. The first-order valence-electron chi connectivity index (χ1n) is 8.04. The van der Waals surface area contributed by atoms with Crippen molar-refractivity contribution in [1.29, 1.82) is 0 Å². The van der Waals surface area contributed by atoms with Crippen LogP contribution in [0.1, 0.15) is 18.9 Å². The first kappa shape index (κ1) is 20.0. The van der Waals surface area contributed by atoms with E-state index < -0.39 is 33.9 Å². The highest BCUT2D eigenvalue weighted by atomic mass is 32.2. The maximum atomic E-state index is 11.9. The SMILES string of the molecule is COc1ccc(CC(=O)OCC(=O)N[C@@]2(C)CCS(=O)(=O)C2)cc1OC. The molecule has 9 heteroatoms. The Balaban J connectivity index is 1.84. The molecule has 1 heterocycles. The molecule has 1 amide bonds. The van der Waals surface area contributed by atoms with Crippen molar-refractivity contribution in [2.75, 3.05) is 32.3 Å². The number of ether oxygens (including phenoxy) is 3. The van der Waals surface area contributed by atoms with E-state index >= 15 is 0 Å². The fourth-order valence-electron chi connectivity index (χ4n) is 2.84. The fraction of sp³-hybridized carbons (Fsp3) is 0.529. The second-order valence-electron chi connectivity index (χ2n) is 6.48. The molecular weight excluding hydrogens is 362 g/mol. The molecule has 0 spiro atoms. The lowest BCUT2D eigenvalue weighted by molar-refractivity contribution is -0.148. The van der Waals surface area contributed by atoms with E-state index in [1.54, 1.807) is 25.1 Å². The van der Waals surface area contributed by atoms with E-state index in [4.69, 9.17) is 14.2 Å². The predicted octanol–water partition coefficient (Wildman–Crippen LogP) is 0.483. The zero-order chi connectivity index (χ0) is 19.4. The van der Waals surface area contributed by atoms with E-state index in [0.29, 0.717) is 23.5 Å². The van der Waals surface area contributed by atoms with Crippen molar-refractivity contribution in [1.82, 2.24) is 5.32 Å². The third-order valence-corrected chi connectivity index (χ3v) is 6.01. The number of benzene rings is 1. The minimum Gasteiger partial charge on any atom is -0.493 e. The minimum absolute atomic E-state index is 0.0285. The Bertz CT molecular complexity index is 790. The highest BCUT2D eigenvalue weighted by Crippen LogP contribution is 2.27. The summed E-state index contributed by atoms with van der Waals surface area (Å²) in [7, 11) is -0.120. The molecule has 1 fully saturated rings. The monoisotopic (exact) mass is 385 g/mol. The van der Waals surface area contributed by atoms with Gasteiger partial charge in [-0.05, 0) is 31.0 Å². The van der Waals surface area contributed by atoms with Crippen molar-refractivity contribution < 1.29 is 32.2 Å². The zero-order valence-corrected chi connectivity index (χ0v) is 15.9. The van der Waals surface area contributed by atoms with Gasteiger partial charge < -0.3 is 19.5 Å². The summed E-state index contributed by atoms with van der Waals surface area (Å²) >= 11 is 0. The average Bonchev–Trinajstić information content (AvgIpc) is 2.85. The Morgan fingerprint density at radius 1 is 1.19 bits per heavy atom. The van der Waals surface area contributed by atoms with E-state index in [1.165, 1.54) is 14.2 Å². The van der Waals surface area contributed by atoms with Crippen LogP contribution in [0.3, 0.4) is 0 Å². The molecule has 0 saturated carbocycles. The molecule has 1 aromatic rings. The summed E-state index contributed by atoms with van der Waals surface area (Å²) in [4.78, 5) is 23.9. The largest absolute Gasteiger partial charge is 0.493 e. The van der Waals surface area contributed by atoms with Crippen LogP contribution in [0.15, 0.2) is 18.2 Å². The lowest BCUT2D eigenvalue weighted by atomic mass is 10.0. The average molecular weight is 385 g/mol. The molecule has 8 nitrogen and oxygen atoms in total. The van der Waals surface area contributed by atoms with Crippen LogP contribution in [0, 0.1) is 0 Å². The summed E-state index contributed by atoms with van der Waals surface area (Å²) in [5.74, 6) is -0.120. The summed E-state index contributed by atoms with van der Waals surface area (Å²) < 4.78 is 38.3. The smallest absolute Gasteiger partial charge is 0.310 e. The molecule has 0 bridgehead atoms. The minimum atomic E-state index is -3.13. The Morgan fingerprint density at radius 3 is 2.46 bits per heavy atom. The molecule has 1 aromatic carbocycles. The van der Waals surface area contributed by atoms with Crippen molar-refractivity contribution >= 4 is 21.7 Å². The highest BCUT2D eigenvalue weighted by Gasteiger charge is 2.39. The van der Waals surface area contributed by atoms with Crippen LogP contribution in [0.25, 0.3) is 0 Å². The van der Waals surface area contributed by atoms with E-state index in [0.717, 1.165) is 0 Å². The van der Waals surface area contributed by atoms with Crippen LogP contribution in [0.5, 0.6) is 11.5 Å². The van der Waals surface area contributed by atoms with E-state index in [1.807, 2.05) is 0 Å². The van der Waals surface area contributed by atoms with Gasteiger partial charge in [-0.1, -0.05) is 6.07 Å². The third kappa shape index (κ3) is 5.35. The first-order chi connectivity index (χ1) is 12.2. The lowest BCUT2D eigenvalue weighted by Gasteiger charge is -2.23. The van der Waals surface area contributed by atoms with E-state index in [-0.39, 0.29) is 17.9 Å². The molecule has 1 N–H and O–H groups in total. The van der Waals surface area contributed by atoms with Gasteiger partial charge in [0, 0.05) is 0 Å². The molecule has 0 radical (unpaired) electrons. The summed E-state index contributed by atoms with van der Waals surface area (Å²) in [5.41, 5.74) is -0.159. The maximum absolute atomic E-state index is 11.9. The van der Waals surface area contributed by atoms with Crippen LogP contribution in [-0.4, -0.2) is 58.2 Å². The molecule has 0 aliphatic carbocycles. The number of carbonyl (C=O) groups excluding carboxylic acids is 2.